The van der Waals surface area contributed by atoms with E-state index in [0.29, 0.717) is 12.3 Å². The Labute approximate surface area is 125 Å². The molecule has 7 heteroatoms. The van der Waals surface area contributed by atoms with Gasteiger partial charge in [0.05, 0.1) is 12.4 Å². The van der Waals surface area contributed by atoms with Gasteiger partial charge < -0.3 is 15.4 Å². The summed E-state index contributed by atoms with van der Waals surface area (Å²) in [5, 5.41) is 5.18. The van der Waals surface area contributed by atoms with Crippen LogP contribution in [0, 0.1) is 6.92 Å². The highest BCUT2D eigenvalue weighted by Crippen LogP contribution is 2.21. The number of carbonyl (C=O) groups excluding carboxylic acids is 1. The molecule has 0 unspecified atom stereocenters. The lowest BCUT2D eigenvalue weighted by Gasteiger charge is -2.11. The minimum Gasteiger partial charge on any atom is -0.494 e. The van der Waals surface area contributed by atoms with Crippen LogP contribution in [-0.2, 0) is 9.84 Å². The van der Waals surface area contributed by atoms with Crippen LogP contribution in [0.3, 0.4) is 0 Å². The van der Waals surface area contributed by atoms with Gasteiger partial charge >= 0.3 is 6.03 Å². The number of rotatable bonds is 7. The van der Waals surface area contributed by atoms with Crippen LogP contribution in [0.25, 0.3) is 0 Å². The molecule has 6 nitrogen and oxygen atoms in total. The first-order valence-electron chi connectivity index (χ1n) is 6.86. The molecule has 0 aliphatic heterocycles. The Morgan fingerprint density at radius 1 is 1.29 bits per heavy atom. The largest absolute Gasteiger partial charge is 0.494 e. The molecule has 1 aromatic carbocycles. The lowest BCUT2D eigenvalue weighted by atomic mass is 10.2. The monoisotopic (exact) mass is 314 g/mol. The molecule has 0 spiro atoms. The van der Waals surface area contributed by atoms with E-state index in [1.54, 1.807) is 25.1 Å². The number of aryl methyl sites for hydroxylation is 1. The summed E-state index contributed by atoms with van der Waals surface area (Å²) in [4.78, 5) is 11.7. The van der Waals surface area contributed by atoms with Gasteiger partial charge in [0.2, 0.25) is 0 Å². The standard InChI is InChI=1S/C14H22N2O4S/c1-4-20-13-7-6-12(10-11(13)3)16-14(17)15-8-9-21(18,19)5-2/h6-7,10H,4-5,8-9H2,1-3H3,(H2,15,16,17). The molecule has 0 saturated heterocycles. The number of nitrogens with one attached hydrogen (secondary N) is 2. The van der Waals surface area contributed by atoms with E-state index in [4.69, 9.17) is 4.74 Å². The molecule has 0 fully saturated rings. The zero-order chi connectivity index (χ0) is 15.9. The lowest BCUT2D eigenvalue weighted by molar-refractivity contribution is 0.252. The van der Waals surface area contributed by atoms with E-state index in [2.05, 4.69) is 10.6 Å². The summed E-state index contributed by atoms with van der Waals surface area (Å²) in [6.45, 7) is 6.06. The van der Waals surface area contributed by atoms with Gasteiger partial charge in [-0.2, -0.15) is 0 Å². The number of anilines is 1. The Bertz CT molecular complexity index is 585. The van der Waals surface area contributed by atoms with E-state index in [1.807, 2.05) is 13.8 Å². The maximum absolute atomic E-state index is 11.7. The molecule has 0 aliphatic rings. The number of hydrogen-bond donors (Lipinski definition) is 2. The predicted molar refractivity (Wildman–Crippen MR) is 83.7 cm³/mol. The summed E-state index contributed by atoms with van der Waals surface area (Å²) in [6.07, 6.45) is 0. The van der Waals surface area contributed by atoms with Crippen LogP contribution >= 0.6 is 0 Å². The van der Waals surface area contributed by atoms with Gasteiger partial charge in [-0.05, 0) is 37.6 Å². The fourth-order valence-corrected chi connectivity index (χ4v) is 2.39. The smallest absolute Gasteiger partial charge is 0.319 e. The van der Waals surface area contributed by atoms with Gasteiger partial charge in [0.25, 0.3) is 0 Å². The minimum absolute atomic E-state index is 0.0563. The normalized spacial score (nSPS) is 11.0. The predicted octanol–water partition coefficient (Wildman–Crippen LogP) is 1.95. The summed E-state index contributed by atoms with van der Waals surface area (Å²) >= 11 is 0. The molecule has 0 heterocycles. The molecule has 0 atom stereocenters. The topological polar surface area (TPSA) is 84.5 Å². The van der Waals surface area contributed by atoms with Crippen molar-refractivity contribution < 1.29 is 17.9 Å². The Morgan fingerprint density at radius 2 is 2.00 bits per heavy atom. The second-order valence-electron chi connectivity index (χ2n) is 4.53. The van der Waals surface area contributed by atoms with Crippen molar-refractivity contribution in [2.45, 2.75) is 20.8 Å². The summed E-state index contributed by atoms with van der Waals surface area (Å²) in [5.74, 6) is 0.797. The van der Waals surface area contributed by atoms with Gasteiger partial charge in [-0.25, -0.2) is 13.2 Å². The Kier molecular flexibility index (Phi) is 6.48. The number of sulfone groups is 1. The molecule has 0 radical (unpaired) electrons. The third-order valence-electron chi connectivity index (χ3n) is 2.87. The average molecular weight is 314 g/mol. The zero-order valence-corrected chi connectivity index (χ0v) is 13.4. The Balaban J connectivity index is 2.50. The molecule has 21 heavy (non-hydrogen) atoms. The zero-order valence-electron chi connectivity index (χ0n) is 12.6. The molecular weight excluding hydrogens is 292 g/mol. The molecule has 2 amide bonds. The first kappa shape index (κ1) is 17.3. The second-order valence-corrected chi connectivity index (χ2v) is 7.00. The second kappa shape index (κ2) is 7.87. The van der Waals surface area contributed by atoms with Crippen molar-refractivity contribution in [1.29, 1.82) is 0 Å². The molecule has 0 aromatic heterocycles. The van der Waals surface area contributed by atoms with Crippen LogP contribution in [0.15, 0.2) is 18.2 Å². The molecule has 1 aromatic rings. The van der Waals surface area contributed by atoms with E-state index in [1.165, 1.54) is 0 Å². The number of benzene rings is 1. The Hall–Kier alpha value is -1.76. The summed E-state index contributed by atoms with van der Waals surface area (Å²) in [6, 6.07) is 4.90. The Morgan fingerprint density at radius 3 is 2.57 bits per heavy atom. The highest BCUT2D eigenvalue weighted by atomic mass is 32.2. The molecule has 0 aliphatic carbocycles. The van der Waals surface area contributed by atoms with Gasteiger partial charge in [0.15, 0.2) is 9.84 Å². The van der Waals surface area contributed by atoms with Crippen LogP contribution in [0.1, 0.15) is 19.4 Å². The number of hydrogen-bond acceptors (Lipinski definition) is 4. The van der Waals surface area contributed by atoms with Gasteiger partial charge in [-0.15, -0.1) is 0 Å². The van der Waals surface area contributed by atoms with E-state index in [-0.39, 0.29) is 18.1 Å². The highest BCUT2D eigenvalue weighted by Gasteiger charge is 2.09. The molecule has 2 N–H and O–H groups in total. The number of carbonyl (C=O) groups is 1. The van der Waals surface area contributed by atoms with Gasteiger partial charge in [-0.3, -0.25) is 0 Å². The number of ether oxygens (including phenoxy) is 1. The van der Waals surface area contributed by atoms with Crippen molar-refractivity contribution in [3.8, 4) is 5.75 Å². The number of urea groups is 1. The van der Waals surface area contributed by atoms with Crippen LogP contribution in [0.4, 0.5) is 10.5 Å². The van der Waals surface area contributed by atoms with Crippen LogP contribution in [0.5, 0.6) is 5.75 Å². The van der Waals surface area contributed by atoms with Crippen molar-refractivity contribution in [2.24, 2.45) is 0 Å². The van der Waals surface area contributed by atoms with Crippen LogP contribution < -0.4 is 15.4 Å². The molecule has 0 saturated carbocycles. The molecular formula is C14H22N2O4S. The maximum atomic E-state index is 11.7. The first-order chi connectivity index (χ1) is 9.88. The fourth-order valence-electron chi connectivity index (χ4n) is 1.68. The van der Waals surface area contributed by atoms with Crippen molar-refractivity contribution in [1.82, 2.24) is 5.32 Å². The van der Waals surface area contributed by atoms with E-state index in [0.717, 1.165) is 11.3 Å². The summed E-state index contributed by atoms with van der Waals surface area (Å²) < 4.78 is 28.0. The van der Waals surface area contributed by atoms with Crippen molar-refractivity contribution in [2.75, 3.05) is 30.0 Å². The van der Waals surface area contributed by atoms with Crippen molar-refractivity contribution in [3.05, 3.63) is 23.8 Å². The quantitative estimate of drug-likeness (QED) is 0.805. The van der Waals surface area contributed by atoms with Gasteiger partial charge in [-0.1, -0.05) is 6.92 Å². The molecule has 0 bridgehead atoms. The van der Waals surface area contributed by atoms with Gasteiger partial charge in [0.1, 0.15) is 5.75 Å². The van der Waals surface area contributed by atoms with E-state index in [9.17, 15) is 13.2 Å². The van der Waals surface area contributed by atoms with Crippen molar-refractivity contribution >= 4 is 21.6 Å². The maximum Gasteiger partial charge on any atom is 0.319 e. The SMILES string of the molecule is CCOc1ccc(NC(=O)NCCS(=O)(=O)CC)cc1C. The van der Waals surface area contributed by atoms with Crippen LogP contribution in [-0.4, -0.2) is 39.1 Å². The van der Waals surface area contributed by atoms with E-state index >= 15 is 0 Å². The third kappa shape index (κ3) is 6.03. The highest BCUT2D eigenvalue weighted by molar-refractivity contribution is 7.91. The minimum atomic E-state index is -3.07. The third-order valence-corrected chi connectivity index (χ3v) is 4.58. The van der Waals surface area contributed by atoms with E-state index < -0.39 is 15.9 Å². The summed E-state index contributed by atoms with van der Waals surface area (Å²) in [5.41, 5.74) is 1.55. The number of amides is 2. The molecule has 118 valence electrons. The van der Waals surface area contributed by atoms with Crippen LogP contribution in [0.2, 0.25) is 0 Å². The van der Waals surface area contributed by atoms with Crippen molar-refractivity contribution in [3.63, 3.8) is 0 Å². The molecule has 1 rings (SSSR count). The fraction of sp³-hybridized carbons (Fsp3) is 0.500. The summed E-state index contributed by atoms with van der Waals surface area (Å²) in [7, 11) is -3.07. The van der Waals surface area contributed by atoms with Gasteiger partial charge in [0, 0.05) is 18.0 Å². The lowest BCUT2D eigenvalue weighted by Crippen LogP contribution is -2.33. The average Bonchev–Trinajstić information content (AvgIpc) is 2.42. The first-order valence-corrected chi connectivity index (χ1v) is 8.68.